The molecule has 1 fully saturated rings. The predicted molar refractivity (Wildman–Crippen MR) is 65.5 cm³/mol. The summed E-state index contributed by atoms with van der Waals surface area (Å²) in [4.78, 5) is 13.5. The number of aliphatic carboxylic acids is 1. The van der Waals surface area contributed by atoms with Gasteiger partial charge in [0.25, 0.3) is 0 Å². The van der Waals surface area contributed by atoms with E-state index in [0.29, 0.717) is 6.04 Å². The second-order valence-corrected chi connectivity index (χ2v) is 5.10. The smallest absolute Gasteiger partial charge is 0.308 e. The topological polar surface area (TPSA) is 40.5 Å². The zero-order valence-electron chi connectivity index (χ0n) is 10.8. The van der Waals surface area contributed by atoms with Crippen molar-refractivity contribution in [2.75, 3.05) is 7.05 Å². The minimum atomic E-state index is -0.611. The number of rotatable bonds is 5. The van der Waals surface area contributed by atoms with Crippen molar-refractivity contribution in [3.8, 4) is 0 Å². The third-order valence-corrected chi connectivity index (χ3v) is 3.97. The molecule has 0 spiro atoms. The van der Waals surface area contributed by atoms with Gasteiger partial charge in [0.1, 0.15) is 0 Å². The molecule has 0 amide bonds. The maximum absolute atomic E-state index is 11.2. The lowest BCUT2D eigenvalue weighted by atomic mass is 9.83. The van der Waals surface area contributed by atoms with Gasteiger partial charge in [0.2, 0.25) is 0 Å². The first kappa shape index (κ1) is 13.5. The van der Waals surface area contributed by atoms with Crippen LogP contribution in [0.2, 0.25) is 0 Å². The molecule has 94 valence electrons. The molecule has 3 atom stereocenters. The maximum Gasteiger partial charge on any atom is 0.308 e. The zero-order valence-corrected chi connectivity index (χ0v) is 10.8. The van der Waals surface area contributed by atoms with Crippen LogP contribution in [-0.2, 0) is 4.79 Å². The lowest BCUT2D eigenvalue weighted by Gasteiger charge is -2.39. The Morgan fingerprint density at radius 2 is 2.06 bits per heavy atom. The summed E-state index contributed by atoms with van der Waals surface area (Å²) in [6.07, 6.45) is 6.46. The van der Waals surface area contributed by atoms with Crippen LogP contribution in [0, 0.1) is 5.92 Å². The predicted octanol–water partition coefficient (Wildman–Crippen LogP) is 2.75. The Kier molecular flexibility index (Phi) is 5.26. The van der Waals surface area contributed by atoms with E-state index in [9.17, 15) is 9.90 Å². The SMILES string of the molecule is CCCC(C)N(C)C1CCCCC1C(=O)O. The van der Waals surface area contributed by atoms with Crippen molar-refractivity contribution >= 4 is 5.97 Å². The van der Waals surface area contributed by atoms with Crippen LogP contribution in [0.4, 0.5) is 0 Å². The van der Waals surface area contributed by atoms with Gasteiger partial charge < -0.3 is 5.11 Å². The Hall–Kier alpha value is -0.570. The fraction of sp³-hybridized carbons (Fsp3) is 0.923. The van der Waals surface area contributed by atoms with E-state index >= 15 is 0 Å². The van der Waals surface area contributed by atoms with Gasteiger partial charge in [0, 0.05) is 12.1 Å². The molecule has 0 aromatic rings. The van der Waals surface area contributed by atoms with E-state index in [2.05, 4.69) is 25.8 Å². The van der Waals surface area contributed by atoms with Gasteiger partial charge >= 0.3 is 5.97 Å². The molecule has 0 aliphatic heterocycles. The van der Waals surface area contributed by atoms with Crippen molar-refractivity contribution in [1.29, 1.82) is 0 Å². The molecule has 16 heavy (non-hydrogen) atoms. The van der Waals surface area contributed by atoms with E-state index < -0.39 is 5.97 Å². The summed E-state index contributed by atoms with van der Waals surface area (Å²) in [7, 11) is 2.09. The van der Waals surface area contributed by atoms with Gasteiger partial charge in [0.05, 0.1) is 5.92 Å². The minimum absolute atomic E-state index is 0.155. The summed E-state index contributed by atoms with van der Waals surface area (Å²) >= 11 is 0. The lowest BCUT2D eigenvalue weighted by molar-refractivity contribution is -0.145. The normalized spacial score (nSPS) is 28.0. The van der Waals surface area contributed by atoms with Gasteiger partial charge in [-0.25, -0.2) is 0 Å². The van der Waals surface area contributed by atoms with Crippen molar-refractivity contribution in [2.45, 2.75) is 64.5 Å². The highest BCUT2D eigenvalue weighted by atomic mass is 16.4. The molecule has 3 heteroatoms. The molecule has 0 saturated heterocycles. The summed E-state index contributed by atoms with van der Waals surface area (Å²) < 4.78 is 0. The second-order valence-electron chi connectivity index (χ2n) is 5.10. The summed E-state index contributed by atoms with van der Waals surface area (Å²) in [5.74, 6) is -0.765. The summed E-state index contributed by atoms with van der Waals surface area (Å²) in [5.41, 5.74) is 0. The Morgan fingerprint density at radius 3 is 2.62 bits per heavy atom. The number of carboxylic acid groups (broad SMARTS) is 1. The molecule has 0 bridgehead atoms. The van der Waals surface area contributed by atoms with Gasteiger partial charge in [-0.3, -0.25) is 9.69 Å². The number of carboxylic acids is 1. The molecular formula is C13H25NO2. The number of nitrogens with zero attached hydrogens (tertiary/aromatic N) is 1. The van der Waals surface area contributed by atoms with Crippen molar-refractivity contribution in [2.24, 2.45) is 5.92 Å². The van der Waals surface area contributed by atoms with Crippen LogP contribution in [0.3, 0.4) is 0 Å². The van der Waals surface area contributed by atoms with E-state index in [1.54, 1.807) is 0 Å². The Bertz CT molecular complexity index is 230. The fourth-order valence-electron chi connectivity index (χ4n) is 2.84. The molecule has 1 rings (SSSR count). The van der Waals surface area contributed by atoms with Gasteiger partial charge in [0.15, 0.2) is 0 Å². The van der Waals surface area contributed by atoms with Crippen LogP contribution in [-0.4, -0.2) is 35.1 Å². The van der Waals surface area contributed by atoms with Gasteiger partial charge in [-0.2, -0.15) is 0 Å². The van der Waals surface area contributed by atoms with Crippen molar-refractivity contribution < 1.29 is 9.90 Å². The van der Waals surface area contributed by atoms with Crippen molar-refractivity contribution in [3.05, 3.63) is 0 Å². The highest BCUT2D eigenvalue weighted by Crippen LogP contribution is 2.29. The van der Waals surface area contributed by atoms with Crippen LogP contribution >= 0.6 is 0 Å². The van der Waals surface area contributed by atoms with Crippen LogP contribution < -0.4 is 0 Å². The largest absolute Gasteiger partial charge is 0.481 e. The van der Waals surface area contributed by atoms with Crippen molar-refractivity contribution in [1.82, 2.24) is 4.90 Å². The Morgan fingerprint density at radius 1 is 1.44 bits per heavy atom. The summed E-state index contributed by atoms with van der Waals surface area (Å²) in [6, 6.07) is 0.739. The molecule has 1 aliphatic carbocycles. The number of hydrogen-bond donors (Lipinski definition) is 1. The molecule has 0 heterocycles. The van der Waals surface area contributed by atoms with E-state index in [1.165, 1.54) is 6.42 Å². The zero-order chi connectivity index (χ0) is 12.1. The van der Waals surface area contributed by atoms with Crippen LogP contribution in [0.5, 0.6) is 0 Å². The minimum Gasteiger partial charge on any atom is -0.481 e. The molecule has 3 unspecified atom stereocenters. The molecule has 0 aromatic carbocycles. The average Bonchev–Trinajstić information content (AvgIpc) is 2.28. The van der Waals surface area contributed by atoms with Crippen LogP contribution in [0.15, 0.2) is 0 Å². The third-order valence-electron chi connectivity index (χ3n) is 3.97. The number of hydrogen-bond acceptors (Lipinski definition) is 2. The van der Waals surface area contributed by atoms with Gasteiger partial charge in [-0.15, -0.1) is 0 Å². The van der Waals surface area contributed by atoms with Gasteiger partial charge in [-0.1, -0.05) is 26.2 Å². The highest BCUT2D eigenvalue weighted by Gasteiger charge is 2.34. The average molecular weight is 227 g/mol. The Labute approximate surface area is 98.8 Å². The quantitative estimate of drug-likeness (QED) is 0.785. The second kappa shape index (κ2) is 6.24. The van der Waals surface area contributed by atoms with Gasteiger partial charge in [-0.05, 0) is 33.2 Å². The van der Waals surface area contributed by atoms with E-state index in [4.69, 9.17) is 0 Å². The molecule has 1 aliphatic rings. The molecule has 3 nitrogen and oxygen atoms in total. The molecule has 1 saturated carbocycles. The molecule has 0 radical (unpaired) electrons. The van der Waals surface area contributed by atoms with E-state index in [1.807, 2.05) is 0 Å². The monoisotopic (exact) mass is 227 g/mol. The summed E-state index contributed by atoms with van der Waals surface area (Å²) in [5, 5.41) is 9.24. The first-order valence-electron chi connectivity index (χ1n) is 6.52. The van der Waals surface area contributed by atoms with Crippen molar-refractivity contribution in [3.63, 3.8) is 0 Å². The first-order chi connectivity index (χ1) is 7.57. The summed E-state index contributed by atoms with van der Waals surface area (Å²) in [6.45, 7) is 4.39. The fourth-order valence-corrected chi connectivity index (χ4v) is 2.84. The maximum atomic E-state index is 11.2. The Balaban J connectivity index is 2.63. The number of carbonyl (C=O) groups is 1. The molecule has 1 N–H and O–H groups in total. The molecule has 0 aromatic heterocycles. The first-order valence-corrected chi connectivity index (χ1v) is 6.52. The lowest BCUT2D eigenvalue weighted by Crippen LogP contribution is -2.47. The van der Waals surface area contributed by atoms with Crippen LogP contribution in [0.1, 0.15) is 52.4 Å². The third kappa shape index (κ3) is 3.21. The highest BCUT2D eigenvalue weighted by molar-refractivity contribution is 5.71. The van der Waals surface area contributed by atoms with E-state index in [-0.39, 0.29) is 12.0 Å². The van der Waals surface area contributed by atoms with Crippen LogP contribution in [0.25, 0.3) is 0 Å². The van der Waals surface area contributed by atoms with E-state index in [0.717, 1.165) is 32.1 Å². The molecular weight excluding hydrogens is 202 g/mol. The standard InChI is InChI=1S/C13H25NO2/c1-4-7-10(2)14(3)12-9-6-5-8-11(12)13(15)16/h10-12H,4-9H2,1-3H3,(H,15,16).